The predicted octanol–water partition coefficient (Wildman–Crippen LogP) is 5.49. The summed E-state index contributed by atoms with van der Waals surface area (Å²) in [5.41, 5.74) is 3.02. The van der Waals surface area contributed by atoms with E-state index in [-0.39, 0.29) is 22.0 Å². The molecule has 2 heterocycles. The summed E-state index contributed by atoms with van der Waals surface area (Å²) < 4.78 is 28.7. The van der Waals surface area contributed by atoms with E-state index in [0.29, 0.717) is 17.7 Å². The van der Waals surface area contributed by atoms with E-state index in [9.17, 15) is 13.2 Å². The maximum atomic E-state index is 13.7. The first-order chi connectivity index (χ1) is 18.7. The quantitative estimate of drug-likeness (QED) is 0.362. The van der Waals surface area contributed by atoms with Gasteiger partial charge in [-0.2, -0.15) is 0 Å². The van der Waals surface area contributed by atoms with E-state index < -0.39 is 10.0 Å². The fourth-order valence-corrected chi connectivity index (χ4v) is 7.80. The molecule has 1 aliphatic carbocycles. The number of anilines is 1. The molecular weight excluding hydrogens is 508 g/mol. The molecule has 3 aromatic carbocycles. The first-order valence-corrected chi connectivity index (χ1v) is 14.8. The number of benzene rings is 3. The smallest absolute Gasteiger partial charge is 0.322 e. The van der Waals surface area contributed by atoms with E-state index in [4.69, 9.17) is 0 Å². The van der Waals surface area contributed by atoms with Gasteiger partial charge in [-0.25, -0.2) is 17.2 Å². The van der Waals surface area contributed by atoms with Crippen LogP contribution in [0.25, 0.3) is 10.9 Å². The van der Waals surface area contributed by atoms with Crippen molar-refractivity contribution in [1.82, 2.24) is 14.2 Å². The largest absolute Gasteiger partial charge is 0.330 e. The topological polar surface area (TPSA) is 74.7 Å². The number of nitrogens with one attached hydrogen (secondary N) is 1. The minimum atomic E-state index is -3.84. The summed E-state index contributed by atoms with van der Waals surface area (Å²) in [4.78, 5) is 17.7. The third-order valence-electron chi connectivity index (χ3n) is 8.81. The second-order valence-electron chi connectivity index (χ2n) is 11.2. The maximum absolute atomic E-state index is 13.7. The molecule has 7 nitrogen and oxygen atoms in total. The molecule has 8 heteroatoms. The van der Waals surface area contributed by atoms with Gasteiger partial charge in [0.15, 0.2) is 0 Å². The number of urea groups is 1. The average molecular weight is 543 g/mol. The number of aryl methyl sites for hydroxylation is 1. The lowest BCUT2D eigenvalue weighted by Gasteiger charge is -2.48. The van der Waals surface area contributed by atoms with Crippen molar-refractivity contribution in [2.75, 3.05) is 25.5 Å². The standard InChI is InChI=1S/C31H34N4O3S/c1-23-13-15-25(16-14-23)39(37,38)35-21-28(26-11-7-8-12-27(26)35)34-22-30(32-29(34)36)17-19-31(20-18-30,33(2)3)24-9-5-4-6-10-24/h4-16,21H,17-20,22H2,1-3H3,(H,32,36). The molecule has 1 spiro atoms. The van der Waals surface area contributed by atoms with Gasteiger partial charge in [-0.15, -0.1) is 0 Å². The van der Waals surface area contributed by atoms with E-state index in [1.54, 1.807) is 41.4 Å². The molecule has 2 aliphatic rings. The normalized spacial score (nSPS) is 23.6. The van der Waals surface area contributed by atoms with Crippen molar-refractivity contribution in [3.63, 3.8) is 0 Å². The highest BCUT2D eigenvalue weighted by Crippen LogP contribution is 2.47. The van der Waals surface area contributed by atoms with Gasteiger partial charge in [0.25, 0.3) is 10.0 Å². The van der Waals surface area contributed by atoms with Gasteiger partial charge in [-0.05, 0) is 70.5 Å². The number of fused-ring (bicyclic) bond motifs is 1. The Morgan fingerprint density at radius 1 is 0.846 bits per heavy atom. The number of hydrogen-bond donors (Lipinski definition) is 1. The number of carbonyl (C=O) groups excluding carboxylic acids is 1. The Kier molecular flexibility index (Phi) is 6.08. The summed E-state index contributed by atoms with van der Waals surface area (Å²) in [6.07, 6.45) is 5.12. The highest BCUT2D eigenvalue weighted by atomic mass is 32.2. The molecule has 202 valence electrons. The molecule has 1 N–H and O–H groups in total. The Labute approximate surface area is 230 Å². The molecule has 39 heavy (non-hydrogen) atoms. The zero-order valence-electron chi connectivity index (χ0n) is 22.6. The molecule has 1 aromatic heterocycles. The highest BCUT2D eigenvalue weighted by Gasteiger charge is 2.50. The van der Waals surface area contributed by atoms with E-state index in [1.807, 2.05) is 31.2 Å². The van der Waals surface area contributed by atoms with Crippen LogP contribution in [0.15, 0.2) is 90.0 Å². The van der Waals surface area contributed by atoms with Crippen molar-refractivity contribution in [3.8, 4) is 0 Å². The average Bonchev–Trinajstić information content (AvgIpc) is 3.48. The van der Waals surface area contributed by atoms with Crippen LogP contribution in [0.5, 0.6) is 0 Å². The lowest BCUT2D eigenvalue weighted by Crippen LogP contribution is -2.54. The molecule has 1 saturated carbocycles. The number of nitrogens with zero attached hydrogens (tertiary/aromatic N) is 3. The molecular formula is C31H34N4O3S. The van der Waals surface area contributed by atoms with Crippen molar-refractivity contribution in [2.24, 2.45) is 0 Å². The Morgan fingerprint density at radius 2 is 1.49 bits per heavy atom. The Balaban J connectivity index is 1.33. The summed E-state index contributed by atoms with van der Waals surface area (Å²) in [5.74, 6) is 0. The van der Waals surface area contributed by atoms with Crippen LogP contribution in [0.3, 0.4) is 0 Å². The van der Waals surface area contributed by atoms with Gasteiger partial charge in [-0.1, -0.05) is 66.2 Å². The number of hydrogen-bond acceptors (Lipinski definition) is 4. The summed E-state index contributed by atoms with van der Waals surface area (Å²) in [6, 6.07) is 24.7. The van der Waals surface area contributed by atoms with Crippen LogP contribution >= 0.6 is 0 Å². The zero-order chi connectivity index (χ0) is 27.4. The summed E-state index contributed by atoms with van der Waals surface area (Å²) in [7, 11) is 0.421. The molecule has 2 amide bonds. The van der Waals surface area contributed by atoms with E-state index in [2.05, 4.69) is 48.6 Å². The minimum Gasteiger partial charge on any atom is -0.330 e. The second kappa shape index (κ2) is 9.24. The lowest BCUT2D eigenvalue weighted by molar-refractivity contribution is 0.0658. The van der Waals surface area contributed by atoms with Gasteiger partial charge >= 0.3 is 6.03 Å². The molecule has 0 unspecified atom stereocenters. The number of rotatable bonds is 5. The predicted molar refractivity (Wildman–Crippen MR) is 155 cm³/mol. The Bertz CT molecular complexity index is 1630. The van der Waals surface area contributed by atoms with Crippen molar-refractivity contribution in [3.05, 3.63) is 96.2 Å². The number of amides is 2. The molecule has 2 fully saturated rings. The van der Waals surface area contributed by atoms with Gasteiger partial charge in [0.2, 0.25) is 0 Å². The van der Waals surface area contributed by atoms with Crippen molar-refractivity contribution < 1.29 is 13.2 Å². The van der Waals surface area contributed by atoms with Crippen LogP contribution in [0.1, 0.15) is 36.8 Å². The van der Waals surface area contributed by atoms with Crippen LogP contribution < -0.4 is 10.2 Å². The monoisotopic (exact) mass is 542 g/mol. The SMILES string of the molecule is Cc1ccc(S(=O)(=O)n2cc(N3CC4(CCC(c5ccccc5)(N(C)C)CC4)NC3=O)c3ccccc32)cc1. The summed E-state index contributed by atoms with van der Waals surface area (Å²) in [5, 5.41) is 4.05. The number of carbonyl (C=O) groups is 1. The lowest BCUT2D eigenvalue weighted by atomic mass is 9.69. The maximum Gasteiger partial charge on any atom is 0.322 e. The van der Waals surface area contributed by atoms with Gasteiger partial charge in [0, 0.05) is 17.1 Å². The van der Waals surface area contributed by atoms with Gasteiger partial charge in [0.05, 0.1) is 28.2 Å². The molecule has 0 radical (unpaired) electrons. The van der Waals surface area contributed by atoms with Crippen LogP contribution in [-0.2, 0) is 15.6 Å². The molecule has 6 rings (SSSR count). The van der Waals surface area contributed by atoms with Crippen molar-refractivity contribution in [2.45, 2.75) is 48.6 Å². The fraction of sp³-hybridized carbons (Fsp3) is 0.323. The van der Waals surface area contributed by atoms with Crippen LogP contribution in [0, 0.1) is 6.92 Å². The molecule has 4 aromatic rings. The van der Waals surface area contributed by atoms with Gasteiger partial charge < -0.3 is 5.32 Å². The van der Waals surface area contributed by atoms with E-state index in [1.165, 1.54) is 9.54 Å². The van der Waals surface area contributed by atoms with Crippen LogP contribution in [-0.4, -0.2) is 49.5 Å². The molecule has 1 saturated heterocycles. The zero-order valence-corrected chi connectivity index (χ0v) is 23.4. The third-order valence-corrected chi connectivity index (χ3v) is 10.5. The molecule has 1 aliphatic heterocycles. The van der Waals surface area contributed by atoms with E-state index >= 15 is 0 Å². The van der Waals surface area contributed by atoms with Crippen molar-refractivity contribution >= 4 is 32.6 Å². The second-order valence-corrected chi connectivity index (χ2v) is 13.0. The number of para-hydroxylation sites is 1. The molecule has 0 bridgehead atoms. The van der Waals surface area contributed by atoms with E-state index in [0.717, 1.165) is 36.6 Å². The van der Waals surface area contributed by atoms with Crippen LogP contribution in [0.2, 0.25) is 0 Å². The Hall–Kier alpha value is -3.62. The van der Waals surface area contributed by atoms with Gasteiger partial charge in [0.1, 0.15) is 0 Å². The van der Waals surface area contributed by atoms with Gasteiger partial charge in [-0.3, -0.25) is 9.80 Å². The van der Waals surface area contributed by atoms with Crippen LogP contribution in [0.4, 0.5) is 10.5 Å². The van der Waals surface area contributed by atoms with Crippen molar-refractivity contribution in [1.29, 1.82) is 0 Å². The first kappa shape index (κ1) is 25.6. The first-order valence-electron chi connectivity index (χ1n) is 13.4. The number of aromatic nitrogens is 1. The fourth-order valence-electron chi connectivity index (χ4n) is 6.44. The third kappa shape index (κ3) is 4.13. The minimum absolute atomic E-state index is 0.0806. The summed E-state index contributed by atoms with van der Waals surface area (Å²) in [6.45, 7) is 2.43. The molecule has 0 atom stereocenters. The Morgan fingerprint density at radius 3 is 2.15 bits per heavy atom. The summed E-state index contributed by atoms with van der Waals surface area (Å²) >= 11 is 0. The highest BCUT2D eigenvalue weighted by molar-refractivity contribution is 7.90.